The van der Waals surface area contributed by atoms with Crippen LogP contribution < -0.4 is 5.32 Å². The second-order valence-electron chi connectivity index (χ2n) is 4.13. The van der Waals surface area contributed by atoms with E-state index in [0.29, 0.717) is 17.2 Å². The summed E-state index contributed by atoms with van der Waals surface area (Å²) in [6.07, 6.45) is -4.33. The summed E-state index contributed by atoms with van der Waals surface area (Å²) in [4.78, 5) is 4.14. The Morgan fingerprint density at radius 1 is 1.42 bits per heavy atom. The van der Waals surface area contributed by atoms with Gasteiger partial charge in [0.2, 0.25) is 0 Å². The van der Waals surface area contributed by atoms with Gasteiger partial charge in [-0.1, -0.05) is 11.3 Å². The standard InChI is InChI=1S/C12H13F3N2OS/c1-7(18-2)6-16-11-17-9-5-8(12(13,14)15)3-4-10(9)19-11/h3-5,7H,6H2,1-2H3,(H,16,17). The number of nitrogens with zero attached hydrogens (tertiary/aromatic N) is 1. The normalized spacial score (nSPS) is 13.7. The number of anilines is 1. The van der Waals surface area contributed by atoms with Gasteiger partial charge in [-0.25, -0.2) is 4.98 Å². The van der Waals surface area contributed by atoms with Crippen LogP contribution in [0.4, 0.5) is 18.3 Å². The molecule has 0 spiro atoms. The van der Waals surface area contributed by atoms with Crippen molar-refractivity contribution in [2.24, 2.45) is 0 Å². The quantitative estimate of drug-likeness (QED) is 0.931. The lowest BCUT2D eigenvalue weighted by atomic mass is 10.2. The van der Waals surface area contributed by atoms with Crippen LogP contribution in [-0.4, -0.2) is 24.7 Å². The molecule has 0 saturated carbocycles. The molecule has 1 unspecified atom stereocenters. The fourth-order valence-electron chi connectivity index (χ4n) is 1.49. The lowest BCUT2D eigenvalue weighted by Crippen LogP contribution is -2.17. The van der Waals surface area contributed by atoms with Crippen molar-refractivity contribution in [2.45, 2.75) is 19.2 Å². The molecule has 0 amide bonds. The average molecular weight is 290 g/mol. The Morgan fingerprint density at radius 2 is 2.16 bits per heavy atom. The van der Waals surface area contributed by atoms with Crippen molar-refractivity contribution in [2.75, 3.05) is 19.0 Å². The van der Waals surface area contributed by atoms with Gasteiger partial charge >= 0.3 is 6.18 Å². The zero-order valence-electron chi connectivity index (χ0n) is 10.4. The van der Waals surface area contributed by atoms with Crippen molar-refractivity contribution in [3.05, 3.63) is 23.8 Å². The molecular weight excluding hydrogens is 277 g/mol. The predicted molar refractivity (Wildman–Crippen MR) is 69.6 cm³/mol. The monoisotopic (exact) mass is 290 g/mol. The van der Waals surface area contributed by atoms with Crippen LogP contribution >= 0.6 is 11.3 Å². The van der Waals surface area contributed by atoms with E-state index in [4.69, 9.17) is 4.74 Å². The maximum Gasteiger partial charge on any atom is 0.416 e. The van der Waals surface area contributed by atoms with Crippen LogP contribution in [0.3, 0.4) is 0 Å². The van der Waals surface area contributed by atoms with Crippen LogP contribution in [0, 0.1) is 0 Å². The molecule has 104 valence electrons. The summed E-state index contributed by atoms with van der Waals surface area (Å²) in [7, 11) is 1.60. The predicted octanol–water partition coefficient (Wildman–Crippen LogP) is 3.76. The zero-order valence-corrected chi connectivity index (χ0v) is 11.2. The van der Waals surface area contributed by atoms with Crippen molar-refractivity contribution in [1.82, 2.24) is 4.98 Å². The second-order valence-corrected chi connectivity index (χ2v) is 5.16. The van der Waals surface area contributed by atoms with Crippen LogP contribution in [0.15, 0.2) is 18.2 Å². The van der Waals surface area contributed by atoms with Gasteiger partial charge in [0.25, 0.3) is 0 Å². The summed E-state index contributed by atoms with van der Waals surface area (Å²) in [6, 6.07) is 3.58. The first-order chi connectivity index (χ1) is 8.90. The van der Waals surface area contributed by atoms with Gasteiger partial charge in [-0.3, -0.25) is 0 Å². The lowest BCUT2D eigenvalue weighted by molar-refractivity contribution is -0.137. The zero-order chi connectivity index (χ0) is 14.0. The molecule has 1 atom stereocenters. The van der Waals surface area contributed by atoms with Crippen molar-refractivity contribution in [1.29, 1.82) is 0 Å². The number of thiazole rings is 1. The van der Waals surface area contributed by atoms with E-state index >= 15 is 0 Å². The highest BCUT2D eigenvalue weighted by Gasteiger charge is 2.30. The van der Waals surface area contributed by atoms with Gasteiger partial charge < -0.3 is 10.1 Å². The van der Waals surface area contributed by atoms with E-state index in [0.717, 1.165) is 16.8 Å². The summed E-state index contributed by atoms with van der Waals surface area (Å²) in [6.45, 7) is 2.45. The molecule has 0 aliphatic heterocycles. The summed E-state index contributed by atoms with van der Waals surface area (Å²) >= 11 is 1.32. The largest absolute Gasteiger partial charge is 0.416 e. The maximum atomic E-state index is 12.6. The molecule has 1 N–H and O–H groups in total. The molecule has 1 heterocycles. The van der Waals surface area contributed by atoms with Crippen LogP contribution in [-0.2, 0) is 10.9 Å². The van der Waals surface area contributed by atoms with E-state index in [-0.39, 0.29) is 6.10 Å². The number of nitrogens with one attached hydrogen (secondary N) is 1. The molecular formula is C12H13F3N2OS. The SMILES string of the molecule is COC(C)CNc1nc2cc(C(F)(F)F)ccc2s1. The number of methoxy groups -OCH3 is 1. The van der Waals surface area contributed by atoms with Crippen molar-refractivity contribution < 1.29 is 17.9 Å². The molecule has 0 radical (unpaired) electrons. The molecule has 7 heteroatoms. The number of hydrogen-bond donors (Lipinski definition) is 1. The van der Waals surface area contributed by atoms with E-state index in [2.05, 4.69) is 10.3 Å². The van der Waals surface area contributed by atoms with E-state index in [1.807, 2.05) is 6.92 Å². The Labute approximate surface area is 112 Å². The third-order valence-corrected chi connectivity index (χ3v) is 3.65. The van der Waals surface area contributed by atoms with Crippen molar-refractivity contribution in [3.8, 4) is 0 Å². The third-order valence-electron chi connectivity index (χ3n) is 2.66. The van der Waals surface area contributed by atoms with Gasteiger partial charge in [0.05, 0.1) is 21.9 Å². The topological polar surface area (TPSA) is 34.1 Å². The summed E-state index contributed by atoms with van der Waals surface area (Å²) < 4.78 is 43.5. The Kier molecular flexibility index (Phi) is 3.96. The summed E-state index contributed by atoms with van der Waals surface area (Å²) in [5.41, 5.74) is -0.325. The Morgan fingerprint density at radius 3 is 2.79 bits per heavy atom. The number of ether oxygens (including phenoxy) is 1. The fourth-order valence-corrected chi connectivity index (χ4v) is 2.35. The van der Waals surface area contributed by atoms with Crippen LogP contribution in [0.5, 0.6) is 0 Å². The average Bonchev–Trinajstić information content (AvgIpc) is 2.76. The molecule has 1 aromatic carbocycles. The number of benzene rings is 1. The minimum Gasteiger partial charge on any atom is -0.380 e. The number of rotatable bonds is 4. The second kappa shape index (κ2) is 5.34. The minimum absolute atomic E-state index is 0.0118. The van der Waals surface area contributed by atoms with E-state index < -0.39 is 11.7 Å². The summed E-state index contributed by atoms with van der Waals surface area (Å²) in [5.74, 6) is 0. The molecule has 0 fully saturated rings. The van der Waals surface area contributed by atoms with Gasteiger partial charge in [0.1, 0.15) is 0 Å². The van der Waals surface area contributed by atoms with Gasteiger partial charge in [-0.2, -0.15) is 13.2 Å². The molecule has 0 aliphatic rings. The number of aromatic nitrogens is 1. The maximum absolute atomic E-state index is 12.6. The van der Waals surface area contributed by atoms with E-state index in [1.165, 1.54) is 17.4 Å². The third kappa shape index (κ3) is 3.36. The first-order valence-corrected chi connectivity index (χ1v) is 6.46. The fraction of sp³-hybridized carbons (Fsp3) is 0.417. The number of fused-ring (bicyclic) bond motifs is 1. The molecule has 1 aromatic heterocycles. The van der Waals surface area contributed by atoms with Crippen molar-refractivity contribution in [3.63, 3.8) is 0 Å². The Balaban J connectivity index is 2.21. The number of hydrogen-bond acceptors (Lipinski definition) is 4. The van der Waals surface area contributed by atoms with Crippen LogP contribution in [0.25, 0.3) is 10.2 Å². The van der Waals surface area contributed by atoms with Gasteiger partial charge in [-0.15, -0.1) is 0 Å². The van der Waals surface area contributed by atoms with Crippen LogP contribution in [0.1, 0.15) is 12.5 Å². The van der Waals surface area contributed by atoms with Gasteiger partial charge in [-0.05, 0) is 25.1 Å². The van der Waals surface area contributed by atoms with Gasteiger partial charge in [0, 0.05) is 13.7 Å². The number of alkyl halides is 3. The molecule has 0 aliphatic carbocycles. The molecule has 0 bridgehead atoms. The van der Waals surface area contributed by atoms with E-state index in [9.17, 15) is 13.2 Å². The first-order valence-electron chi connectivity index (χ1n) is 5.64. The van der Waals surface area contributed by atoms with Gasteiger partial charge in [0.15, 0.2) is 5.13 Å². The minimum atomic E-state index is -4.34. The number of halogens is 3. The first kappa shape index (κ1) is 14.1. The lowest BCUT2D eigenvalue weighted by Gasteiger charge is -2.08. The van der Waals surface area contributed by atoms with E-state index in [1.54, 1.807) is 7.11 Å². The highest BCUT2D eigenvalue weighted by atomic mass is 32.1. The van der Waals surface area contributed by atoms with Crippen molar-refractivity contribution >= 4 is 26.7 Å². The molecule has 19 heavy (non-hydrogen) atoms. The van der Waals surface area contributed by atoms with Crippen LogP contribution in [0.2, 0.25) is 0 Å². The molecule has 2 aromatic rings. The Hall–Kier alpha value is -1.34. The smallest absolute Gasteiger partial charge is 0.380 e. The highest BCUT2D eigenvalue weighted by Crippen LogP contribution is 2.33. The molecule has 0 saturated heterocycles. The Bertz CT molecular complexity index is 568. The molecule has 3 nitrogen and oxygen atoms in total. The highest BCUT2D eigenvalue weighted by molar-refractivity contribution is 7.22. The molecule has 2 rings (SSSR count). The summed E-state index contributed by atoms with van der Waals surface area (Å²) in [5, 5.41) is 3.64.